The molecule has 1 fully saturated rings. The van der Waals surface area contributed by atoms with Gasteiger partial charge >= 0.3 is 0 Å². The minimum Gasteiger partial charge on any atom is -0.379 e. The summed E-state index contributed by atoms with van der Waals surface area (Å²) in [5.41, 5.74) is 8.69. The first-order valence-corrected chi connectivity index (χ1v) is 7.42. The molecule has 0 spiro atoms. The molecule has 2 nitrogen and oxygen atoms in total. The predicted molar refractivity (Wildman–Crippen MR) is 84.0 cm³/mol. The van der Waals surface area contributed by atoms with Crippen molar-refractivity contribution in [3.05, 3.63) is 47.5 Å². The predicted octanol–water partition coefficient (Wildman–Crippen LogP) is 3.40. The molecule has 0 amide bonds. The van der Waals surface area contributed by atoms with E-state index in [9.17, 15) is 0 Å². The van der Waals surface area contributed by atoms with Crippen LogP contribution in [0.25, 0.3) is 10.8 Å². The summed E-state index contributed by atoms with van der Waals surface area (Å²) in [6.07, 6.45) is 1.11. The average Bonchev–Trinajstić information content (AvgIpc) is 2.42. The van der Waals surface area contributed by atoms with Crippen LogP contribution in [0.2, 0.25) is 0 Å². The van der Waals surface area contributed by atoms with Gasteiger partial charge in [-0.25, -0.2) is 0 Å². The lowest BCUT2D eigenvalue weighted by Gasteiger charge is -2.43. The van der Waals surface area contributed by atoms with Gasteiger partial charge in [0.15, 0.2) is 0 Å². The van der Waals surface area contributed by atoms with E-state index in [0.717, 1.165) is 26.2 Å². The summed E-state index contributed by atoms with van der Waals surface area (Å²) in [5, 5.41) is 2.63. The van der Waals surface area contributed by atoms with Gasteiger partial charge in [-0.2, -0.15) is 0 Å². The largest absolute Gasteiger partial charge is 0.379 e. The Balaban J connectivity index is 1.97. The number of rotatable bonds is 4. The molecule has 2 N–H and O–H groups in total. The molecule has 106 valence electrons. The molecule has 20 heavy (non-hydrogen) atoms. The molecule has 1 saturated heterocycles. The van der Waals surface area contributed by atoms with Crippen LogP contribution in [0.4, 0.5) is 0 Å². The van der Waals surface area contributed by atoms with Crippen molar-refractivity contribution < 1.29 is 4.74 Å². The molecule has 1 aliphatic heterocycles. The zero-order valence-corrected chi connectivity index (χ0v) is 12.4. The van der Waals surface area contributed by atoms with Gasteiger partial charge in [0, 0.05) is 5.41 Å². The maximum absolute atomic E-state index is 5.80. The zero-order chi connectivity index (χ0) is 14.2. The smallest absolute Gasteiger partial charge is 0.0585 e. The van der Waals surface area contributed by atoms with Crippen LogP contribution in [-0.4, -0.2) is 19.8 Å². The molecular weight excluding hydrogens is 246 g/mol. The lowest BCUT2D eigenvalue weighted by Crippen LogP contribution is -2.48. The highest BCUT2D eigenvalue weighted by Gasteiger charge is 2.41. The maximum Gasteiger partial charge on any atom is 0.0585 e. The monoisotopic (exact) mass is 269 g/mol. The van der Waals surface area contributed by atoms with Gasteiger partial charge in [-0.15, -0.1) is 0 Å². The highest BCUT2D eigenvalue weighted by molar-refractivity contribution is 5.84. The third kappa shape index (κ3) is 2.34. The highest BCUT2D eigenvalue weighted by atomic mass is 16.5. The van der Waals surface area contributed by atoms with Gasteiger partial charge in [0.1, 0.15) is 0 Å². The van der Waals surface area contributed by atoms with E-state index in [1.165, 1.54) is 21.9 Å². The van der Waals surface area contributed by atoms with Gasteiger partial charge in [0.2, 0.25) is 0 Å². The van der Waals surface area contributed by atoms with Crippen LogP contribution in [0, 0.1) is 12.8 Å². The molecule has 1 atom stereocenters. The Morgan fingerprint density at radius 1 is 1.15 bits per heavy atom. The Bertz CT molecular complexity index is 616. The van der Waals surface area contributed by atoms with E-state index in [1.807, 2.05) is 0 Å². The summed E-state index contributed by atoms with van der Waals surface area (Å²) in [4.78, 5) is 0. The standard InChI is InChI=1S/C18H23NO/c1-13-3-4-16-8-17(6-5-15(16)7-13)18(11-20-12-18)9-14(2)10-19/h3-8,14H,9-12,19H2,1-2H3. The van der Waals surface area contributed by atoms with Crippen molar-refractivity contribution in [1.82, 2.24) is 0 Å². The van der Waals surface area contributed by atoms with Crippen molar-refractivity contribution in [3.8, 4) is 0 Å². The lowest BCUT2D eigenvalue weighted by atomic mass is 9.72. The average molecular weight is 269 g/mol. The Hall–Kier alpha value is -1.38. The van der Waals surface area contributed by atoms with Crippen LogP contribution in [0.3, 0.4) is 0 Å². The van der Waals surface area contributed by atoms with Crippen LogP contribution in [0.5, 0.6) is 0 Å². The second-order valence-corrected chi connectivity index (χ2v) is 6.38. The van der Waals surface area contributed by atoms with Crippen LogP contribution in [0.15, 0.2) is 36.4 Å². The fourth-order valence-corrected chi connectivity index (χ4v) is 3.20. The summed E-state index contributed by atoms with van der Waals surface area (Å²) in [6, 6.07) is 13.5. The number of benzene rings is 2. The quantitative estimate of drug-likeness (QED) is 0.923. The number of nitrogens with two attached hydrogens (primary N) is 1. The number of ether oxygens (including phenoxy) is 1. The Morgan fingerprint density at radius 3 is 2.50 bits per heavy atom. The van der Waals surface area contributed by atoms with E-state index in [-0.39, 0.29) is 5.41 Å². The van der Waals surface area contributed by atoms with Crippen LogP contribution < -0.4 is 5.73 Å². The first kappa shape index (κ1) is 13.6. The number of aryl methyl sites for hydroxylation is 1. The van der Waals surface area contributed by atoms with Gasteiger partial charge in [-0.3, -0.25) is 0 Å². The molecule has 3 rings (SSSR count). The molecule has 1 aliphatic rings. The lowest BCUT2D eigenvalue weighted by molar-refractivity contribution is -0.0701. The molecule has 2 aromatic carbocycles. The van der Waals surface area contributed by atoms with E-state index in [2.05, 4.69) is 50.2 Å². The van der Waals surface area contributed by atoms with Crippen molar-refractivity contribution in [3.63, 3.8) is 0 Å². The van der Waals surface area contributed by atoms with Gasteiger partial charge in [-0.1, -0.05) is 48.9 Å². The van der Waals surface area contributed by atoms with Crippen LogP contribution >= 0.6 is 0 Å². The SMILES string of the molecule is Cc1ccc2cc(C3(CC(C)CN)COC3)ccc2c1. The maximum atomic E-state index is 5.80. The first-order valence-electron chi connectivity index (χ1n) is 7.42. The van der Waals surface area contributed by atoms with E-state index in [0.29, 0.717) is 5.92 Å². The third-order valence-electron chi connectivity index (χ3n) is 4.51. The Kier molecular flexibility index (Phi) is 3.53. The van der Waals surface area contributed by atoms with Crippen molar-refractivity contribution >= 4 is 10.8 Å². The van der Waals surface area contributed by atoms with E-state index in [1.54, 1.807) is 0 Å². The fraction of sp³-hybridized carbons (Fsp3) is 0.444. The molecule has 2 heteroatoms. The Labute approximate surface area is 120 Å². The number of hydrogen-bond donors (Lipinski definition) is 1. The summed E-state index contributed by atoms with van der Waals surface area (Å²) in [6.45, 7) is 6.76. The van der Waals surface area contributed by atoms with Crippen LogP contribution in [0.1, 0.15) is 24.5 Å². The fourth-order valence-electron chi connectivity index (χ4n) is 3.20. The minimum atomic E-state index is 0.178. The molecule has 0 saturated carbocycles. The van der Waals surface area contributed by atoms with Crippen LogP contribution in [-0.2, 0) is 10.2 Å². The second kappa shape index (κ2) is 5.19. The molecule has 0 bridgehead atoms. The van der Waals surface area contributed by atoms with E-state index in [4.69, 9.17) is 10.5 Å². The van der Waals surface area contributed by atoms with Crippen molar-refractivity contribution in [2.45, 2.75) is 25.7 Å². The summed E-state index contributed by atoms with van der Waals surface area (Å²) in [7, 11) is 0. The topological polar surface area (TPSA) is 35.2 Å². The minimum absolute atomic E-state index is 0.178. The summed E-state index contributed by atoms with van der Waals surface area (Å²) in [5.74, 6) is 0.535. The molecule has 1 unspecified atom stereocenters. The Morgan fingerprint density at radius 2 is 1.85 bits per heavy atom. The molecule has 2 aromatic rings. The number of fused-ring (bicyclic) bond motifs is 1. The van der Waals surface area contributed by atoms with Gasteiger partial charge in [0.05, 0.1) is 13.2 Å². The van der Waals surface area contributed by atoms with E-state index >= 15 is 0 Å². The van der Waals surface area contributed by atoms with Gasteiger partial charge in [0.25, 0.3) is 0 Å². The van der Waals surface area contributed by atoms with E-state index < -0.39 is 0 Å². The molecule has 1 heterocycles. The van der Waals surface area contributed by atoms with Gasteiger partial charge in [-0.05, 0) is 42.1 Å². The molecule has 0 aliphatic carbocycles. The normalized spacial score (nSPS) is 18.8. The van der Waals surface area contributed by atoms with Crippen molar-refractivity contribution in [2.24, 2.45) is 11.7 Å². The zero-order valence-electron chi connectivity index (χ0n) is 12.4. The highest BCUT2D eigenvalue weighted by Crippen LogP contribution is 2.39. The summed E-state index contributed by atoms with van der Waals surface area (Å²) < 4.78 is 5.53. The summed E-state index contributed by atoms with van der Waals surface area (Å²) >= 11 is 0. The van der Waals surface area contributed by atoms with Crippen molar-refractivity contribution in [2.75, 3.05) is 19.8 Å². The molecule has 0 radical (unpaired) electrons. The first-order chi connectivity index (χ1) is 9.63. The van der Waals surface area contributed by atoms with Gasteiger partial charge < -0.3 is 10.5 Å². The molecule has 0 aromatic heterocycles. The second-order valence-electron chi connectivity index (χ2n) is 6.38. The third-order valence-corrected chi connectivity index (χ3v) is 4.51. The van der Waals surface area contributed by atoms with Crippen molar-refractivity contribution in [1.29, 1.82) is 0 Å². The molecular formula is C18H23NO. The number of hydrogen-bond acceptors (Lipinski definition) is 2.